The molecule has 1 fully saturated rings. The Morgan fingerprint density at radius 2 is 2.05 bits per heavy atom. The summed E-state index contributed by atoms with van der Waals surface area (Å²) in [4.78, 5) is 10.9. The smallest absolute Gasteiger partial charge is 0.333 e. The predicted octanol–water partition coefficient (Wildman–Crippen LogP) is 2.44. The first-order valence-corrected chi connectivity index (χ1v) is 7.40. The zero-order chi connectivity index (χ0) is 15.8. The van der Waals surface area contributed by atoms with Gasteiger partial charge in [-0.15, -0.1) is 0 Å². The highest BCUT2D eigenvalue weighted by molar-refractivity contribution is 5.57. The van der Waals surface area contributed by atoms with Crippen molar-refractivity contribution in [3.8, 4) is 0 Å². The zero-order valence-corrected chi connectivity index (χ0v) is 12.9. The van der Waals surface area contributed by atoms with Crippen LogP contribution in [-0.4, -0.2) is 25.9 Å². The SMILES string of the molecule is CC(C)(C)Cc1nn(C2CCCCC2O)c(N)c1[N+](=O)[O-]. The lowest BCUT2D eigenvalue weighted by Crippen LogP contribution is -2.29. The lowest BCUT2D eigenvalue weighted by molar-refractivity contribution is -0.384. The van der Waals surface area contributed by atoms with Crippen LogP contribution in [0.3, 0.4) is 0 Å². The molecule has 0 radical (unpaired) electrons. The maximum Gasteiger partial charge on any atom is 0.333 e. The van der Waals surface area contributed by atoms with E-state index < -0.39 is 11.0 Å². The fourth-order valence-electron chi connectivity index (χ4n) is 2.94. The molecule has 1 aromatic heterocycles. The van der Waals surface area contributed by atoms with Crippen molar-refractivity contribution in [3.63, 3.8) is 0 Å². The van der Waals surface area contributed by atoms with Gasteiger partial charge in [-0.05, 0) is 18.3 Å². The second-order valence-electron chi connectivity index (χ2n) is 7.04. The molecule has 7 nitrogen and oxygen atoms in total. The third-order valence-corrected chi connectivity index (χ3v) is 3.88. The summed E-state index contributed by atoms with van der Waals surface area (Å²) in [5.74, 6) is 0.0604. The van der Waals surface area contributed by atoms with Crippen LogP contribution >= 0.6 is 0 Å². The van der Waals surface area contributed by atoms with Gasteiger partial charge in [0.2, 0.25) is 5.82 Å². The normalized spacial score (nSPS) is 23.2. The minimum absolute atomic E-state index is 0.0604. The Morgan fingerprint density at radius 1 is 1.43 bits per heavy atom. The summed E-state index contributed by atoms with van der Waals surface area (Å²) >= 11 is 0. The van der Waals surface area contributed by atoms with Crippen molar-refractivity contribution in [1.29, 1.82) is 0 Å². The molecule has 0 aliphatic heterocycles. The Balaban J connectivity index is 2.43. The van der Waals surface area contributed by atoms with E-state index in [-0.39, 0.29) is 23.0 Å². The highest BCUT2D eigenvalue weighted by Gasteiger charge is 2.34. The first kappa shape index (κ1) is 15.8. The van der Waals surface area contributed by atoms with E-state index in [1.807, 2.05) is 20.8 Å². The third kappa shape index (κ3) is 3.34. The molecule has 1 aromatic rings. The van der Waals surface area contributed by atoms with Crippen LogP contribution in [-0.2, 0) is 6.42 Å². The molecular formula is C14H24N4O3. The topological polar surface area (TPSA) is 107 Å². The van der Waals surface area contributed by atoms with Crippen LogP contribution in [0.4, 0.5) is 11.5 Å². The molecule has 7 heteroatoms. The van der Waals surface area contributed by atoms with Crippen molar-refractivity contribution in [2.24, 2.45) is 5.41 Å². The Bertz CT molecular complexity index is 533. The highest BCUT2D eigenvalue weighted by atomic mass is 16.6. The van der Waals surface area contributed by atoms with E-state index >= 15 is 0 Å². The van der Waals surface area contributed by atoms with Crippen LogP contribution in [0.1, 0.15) is 58.2 Å². The van der Waals surface area contributed by atoms with Crippen molar-refractivity contribution >= 4 is 11.5 Å². The van der Waals surface area contributed by atoms with Gasteiger partial charge in [-0.3, -0.25) is 10.1 Å². The van der Waals surface area contributed by atoms with Crippen molar-refractivity contribution < 1.29 is 10.0 Å². The molecule has 1 aliphatic rings. The monoisotopic (exact) mass is 296 g/mol. The van der Waals surface area contributed by atoms with Crippen LogP contribution in [0.15, 0.2) is 0 Å². The molecule has 0 spiro atoms. The number of nitrogen functional groups attached to an aromatic ring is 1. The molecule has 1 heterocycles. The summed E-state index contributed by atoms with van der Waals surface area (Å²) in [6.07, 6.45) is 3.32. The predicted molar refractivity (Wildman–Crippen MR) is 80.0 cm³/mol. The minimum Gasteiger partial charge on any atom is -0.391 e. The summed E-state index contributed by atoms with van der Waals surface area (Å²) in [5, 5.41) is 25.8. The molecule has 21 heavy (non-hydrogen) atoms. The third-order valence-electron chi connectivity index (χ3n) is 3.88. The summed E-state index contributed by atoms with van der Waals surface area (Å²) in [7, 11) is 0. The van der Waals surface area contributed by atoms with Crippen LogP contribution < -0.4 is 5.73 Å². The maximum absolute atomic E-state index is 11.3. The fraction of sp³-hybridized carbons (Fsp3) is 0.786. The van der Waals surface area contributed by atoms with Gasteiger partial charge in [0, 0.05) is 6.42 Å². The lowest BCUT2D eigenvalue weighted by atomic mass is 9.90. The molecule has 2 unspecified atom stereocenters. The highest BCUT2D eigenvalue weighted by Crippen LogP contribution is 2.37. The summed E-state index contributed by atoms with van der Waals surface area (Å²) in [6, 6.07) is -0.258. The fourth-order valence-corrected chi connectivity index (χ4v) is 2.94. The number of rotatable bonds is 3. The molecule has 1 saturated carbocycles. The van der Waals surface area contributed by atoms with E-state index in [1.165, 1.54) is 4.68 Å². The molecule has 2 rings (SSSR count). The van der Waals surface area contributed by atoms with Crippen molar-refractivity contribution in [2.45, 2.75) is 65.0 Å². The number of nitro groups is 1. The molecule has 0 aromatic carbocycles. The molecule has 1 aliphatic carbocycles. The standard InChI is InChI=1S/C14H24N4O3/c1-14(2,3)8-9-12(18(20)21)13(15)17(16-9)10-6-4-5-7-11(10)19/h10-11,19H,4-8,15H2,1-3H3. The molecule has 0 saturated heterocycles. The number of anilines is 1. The summed E-state index contributed by atoms with van der Waals surface area (Å²) in [6.45, 7) is 6.00. The molecule has 118 valence electrons. The second kappa shape index (κ2) is 5.63. The van der Waals surface area contributed by atoms with Crippen molar-refractivity contribution in [1.82, 2.24) is 9.78 Å². The van der Waals surface area contributed by atoms with Crippen LogP contribution in [0, 0.1) is 15.5 Å². The average molecular weight is 296 g/mol. The van der Waals surface area contributed by atoms with E-state index in [1.54, 1.807) is 0 Å². The van der Waals surface area contributed by atoms with Gasteiger partial charge in [-0.25, -0.2) is 4.68 Å². The van der Waals surface area contributed by atoms with E-state index in [2.05, 4.69) is 5.10 Å². The van der Waals surface area contributed by atoms with E-state index in [0.717, 1.165) is 19.3 Å². The molecule has 2 atom stereocenters. The van der Waals surface area contributed by atoms with Crippen LogP contribution in [0.2, 0.25) is 0 Å². The number of hydrogen-bond donors (Lipinski definition) is 2. The number of aliphatic hydroxyl groups is 1. The molecule has 3 N–H and O–H groups in total. The Morgan fingerprint density at radius 3 is 2.57 bits per heavy atom. The molecule has 0 bridgehead atoms. The molecule has 0 amide bonds. The zero-order valence-electron chi connectivity index (χ0n) is 12.9. The Labute approximate surface area is 124 Å². The number of nitrogens with two attached hydrogens (primary N) is 1. The first-order valence-electron chi connectivity index (χ1n) is 7.40. The van der Waals surface area contributed by atoms with Crippen LogP contribution in [0.25, 0.3) is 0 Å². The van der Waals surface area contributed by atoms with Gasteiger partial charge in [0.25, 0.3) is 0 Å². The van der Waals surface area contributed by atoms with Gasteiger partial charge in [0.05, 0.1) is 17.1 Å². The number of aliphatic hydroxyl groups excluding tert-OH is 1. The average Bonchev–Trinajstić information content (AvgIpc) is 2.64. The summed E-state index contributed by atoms with van der Waals surface area (Å²) < 4.78 is 1.48. The summed E-state index contributed by atoms with van der Waals surface area (Å²) in [5.41, 5.74) is 6.14. The quantitative estimate of drug-likeness (QED) is 0.658. The Kier molecular flexibility index (Phi) is 4.22. The first-order chi connectivity index (χ1) is 9.70. The second-order valence-corrected chi connectivity index (χ2v) is 7.04. The van der Waals surface area contributed by atoms with Gasteiger partial charge in [-0.2, -0.15) is 5.10 Å². The number of nitrogens with zero attached hydrogens (tertiary/aromatic N) is 3. The van der Waals surface area contributed by atoms with Gasteiger partial charge in [-0.1, -0.05) is 33.6 Å². The van der Waals surface area contributed by atoms with Gasteiger partial charge < -0.3 is 10.8 Å². The van der Waals surface area contributed by atoms with E-state index in [9.17, 15) is 15.2 Å². The maximum atomic E-state index is 11.3. The van der Waals surface area contributed by atoms with Crippen molar-refractivity contribution in [2.75, 3.05) is 5.73 Å². The van der Waals surface area contributed by atoms with E-state index in [0.29, 0.717) is 18.5 Å². The van der Waals surface area contributed by atoms with Gasteiger partial charge in [0.1, 0.15) is 5.69 Å². The van der Waals surface area contributed by atoms with Crippen LogP contribution in [0.5, 0.6) is 0 Å². The van der Waals surface area contributed by atoms with E-state index in [4.69, 9.17) is 5.73 Å². The minimum atomic E-state index is -0.539. The van der Waals surface area contributed by atoms with Gasteiger partial charge in [0.15, 0.2) is 0 Å². The Hall–Kier alpha value is -1.63. The molecular weight excluding hydrogens is 272 g/mol. The van der Waals surface area contributed by atoms with Gasteiger partial charge >= 0.3 is 5.69 Å². The number of aromatic nitrogens is 2. The lowest BCUT2D eigenvalue weighted by Gasteiger charge is -2.28. The van der Waals surface area contributed by atoms with Crippen molar-refractivity contribution in [3.05, 3.63) is 15.8 Å². The largest absolute Gasteiger partial charge is 0.391 e. The number of hydrogen-bond acceptors (Lipinski definition) is 5.